The van der Waals surface area contributed by atoms with Crippen molar-refractivity contribution >= 4 is 12.0 Å². The Morgan fingerprint density at radius 1 is 1.38 bits per heavy atom. The fraction of sp³-hybridized carbons (Fsp3) is 0.833. The molecule has 6 nitrogen and oxygen atoms in total. The van der Waals surface area contributed by atoms with Crippen molar-refractivity contribution in [2.24, 2.45) is 5.92 Å². The molecule has 1 heterocycles. The van der Waals surface area contributed by atoms with Gasteiger partial charge in [0.1, 0.15) is 0 Å². The van der Waals surface area contributed by atoms with E-state index in [4.69, 9.17) is 10.2 Å². The van der Waals surface area contributed by atoms with Crippen LogP contribution in [-0.2, 0) is 4.79 Å². The standard InChI is InChI=1S/C12H19F3N2O4/c1-11(9(19)20,12(13,14)15)16-10(21)17-5-2-3-8(7-17)4-6-18/h8,18H,2-7H2,1H3,(H,16,21)(H,19,20). The number of carbonyl (C=O) groups excluding carboxylic acids is 1. The second-order valence-electron chi connectivity index (χ2n) is 5.32. The summed E-state index contributed by atoms with van der Waals surface area (Å²) in [7, 11) is 0. The number of aliphatic hydroxyl groups is 1. The molecule has 0 aliphatic carbocycles. The van der Waals surface area contributed by atoms with Gasteiger partial charge in [0.25, 0.3) is 0 Å². The molecule has 9 heteroatoms. The molecule has 2 atom stereocenters. The van der Waals surface area contributed by atoms with Crippen molar-refractivity contribution < 1.29 is 33.0 Å². The van der Waals surface area contributed by atoms with Crippen LogP contribution in [0.5, 0.6) is 0 Å². The van der Waals surface area contributed by atoms with Crippen LogP contribution in [0.15, 0.2) is 0 Å². The summed E-state index contributed by atoms with van der Waals surface area (Å²) in [6, 6.07) is -1.06. The second-order valence-corrected chi connectivity index (χ2v) is 5.32. The van der Waals surface area contributed by atoms with Gasteiger partial charge in [0.05, 0.1) is 0 Å². The highest BCUT2D eigenvalue weighted by molar-refractivity contribution is 5.86. The number of carboxylic acid groups (broad SMARTS) is 1. The quantitative estimate of drug-likeness (QED) is 0.727. The molecule has 1 fully saturated rings. The monoisotopic (exact) mass is 312 g/mol. The number of hydrogen-bond acceptors (Lipinski definition) is 3. The maximum Gasteiger partial charge on any atom is 0.422 e. The molecule has 2 amide bonds. The van der Waals surface area contributed by atoms with Gasteiger partial charge < -0.3 is 20.4 Å². The van der Waals surface area contributed by atoms with Gasteiger partial charge in [-0.3, -0.25) is 0 Å². The van der Waals surface area contributed by atoms with Gasteiger partial charge in [0, 0.05) is 19.7 Å². The minimum absolute atomic E-state index is 0.0106. The first-order valence-electron chi connectivity index (χ1n) is 6.60. The van der Waals surface area contributed by atoms with Gasteiger partial charge in [-0.25, -0.2) is 9.59 Å². The number of aliphatic hydroxyl groups excluding tert-OH is 1. The number of carboxylic acids is 1. The molecule has 3 N–H and O–H groups in total. The first-order valence-corrected chi connectivity index (χ1v) is 6.60. The molecule has 122 valence electrons. The Labute approximate surface area is 119 Å². The van der Waals surface area contributed by atoms with Crippen molar-refractivity contribution in [1.82, 2.24) is 10.2 Å². The lowest BCUT2D eigenvalue weighted by atomic mass is 9.95. The Hall–Kier alpha value is -1.51. The van der Waals surface area contributed by atoms with Gasteiger partial charge in [-0.1, -0.05) is 0 Å². The highest BCUT2D eigenvalue weighted by Gasteiger charge is 2.58. The highest BCUT2D eigenvalue weighted by atomic mass is 19.4. The summed E-state index contributed by atoms with van der Waals surface area (Å²) < 4.78 is 38.5. The number of halogens is 3. The van der Waals surface area contributed by atoms with E-state index in [0.29, 0.717) is 19.8 Å². The first kappa shape index (κ1) is 17.5. The average molecular weight is 312 g/mol. The zero-order valence-corrected chi connectivity index (χ0v) is 11.6. The maximum absolute atomic E-state index is 12.8. The third kappa shape index (κ3) is 3.99. The summed E-state index contributed by atoms with van der Waals surface area (Å²) >= 11 is 0. The number of nitrogens with one attached hydrogen (secondary N) is 1. The van der Waals surface area contributed by atoms with Gasteiger partial charge in [-0.2, -0.15) is 13.2 Å². The van der Waals surface area contributed by atoms with E-state index in [2.05, 4.69) is 0 Å². The largest absolute Gasteiger partial charge is 0.479 e. The molecule has 1 rings (SSSR count). The zero-order chi connectivity index (χ0) is 16.3. The number of urea groups is 1. The van der Waals surface area contributed by atoms with Gasteiger partial charge >= 0.3 is 18.2 Å². The second kappa shape index (κ2) is 6.50. The third-order valence-corrected chi connectivity index (χ3v) is 3.70. The number of likely N-dealkylation sites (tertiary alicyclic amines) is 1. The summed E-state index contributed by atoms with van der Waals surface area (Å²) in [5.41, 5.74) is -3.33. The fourth-order valence-corrected chi connectivity index (χ4v) is 2.21. The molecular weight excluding hydrogens is 293 g/mol. The van der Waals surface area contributed by atoms with Crippen LogP contribution in [0.25, 0.3) is 0 Å². The molecule has 2 unspecified atom stereocenters. The lowest BCUT2D eigenvalue weighted by Gasteiger charge is -2.36. The van der Waals surface area contributed by atoms with Gasteiger partial charge in [-0.15, -0.1) is 0 Å². The van der Waals surface area contributed by atoms with Crippen molar-refractivity contribution in [3.63, 3.8) is 0 Å². The lowest BCUT2D eigenvalue weighted by Crippen LogP contribution is -2.64. The maximum atomic E-state index is 12.8. The lowest BCUT2D eigenvalue weighted by molar-refractivity contribution is -0.203. The first-order chi connectivity index (χ1) is 9.61. The molecule has 1 saturated heterocycles. The number of aliphatic carboxylic acids is 1. The Morgan fingerprint density at radius 2 is 2.00 bits per heavy atom. The summed E-state index contributed by atoms with van der Waals surface area (Å²) in [5.74, 6) is -2.15. The molecule has 0 saturated carbocycles. The van der Waals surface area contributed by atoms with E-state index in [1.165, 1.54) is 0 Å². The van der Waals surface area contributed by atoms with E-state index in [1.807, 2.05) is 0 Å². The summed E-state index contributed by atoms with van der Waals surface area (Å²) in [5, 5.41) is 19.2. The van der Waals surface area contributed by atoms with Gasteiger partial charge in [-0.05, 0) is 32.1 Å². The fourth-order valence-electron chi connectivity index (χ4n) is 2.21. The topological polar surface area (TPSA) is 89.9 Å². The third-order valence-electron chi connectivity index (χ3n) is 3.70. The Morgan fingerprint density at radius 3 is 2.48 bits per heavy atom. The molecule has 0 aromatic rings. The van der Waals surface area contributed by atoms with Crippen LogP contribution in [0, 0.1) is 5.92 Å². The Balaban J connectivity index is 2.76. The molecular formula is C12H19F3N2O4. The van der Waals surface area contributed by atoms with Crippen LogP contribution >= 0.6 is 0 Å². The number of hydrogen-bond donors (Lipinski definition) is 3. The number of alkyl halides is 3. The minimum Gasteiger partial charge on any atom is -0.479 e. The van der Waals surface area contributed by atoms with Crippen molar-refractivity contribution in [1.29, 1.82) is 0 Å². The smallest absolute Gasteiger partial charge is 0.422 e. The molecule has 0 radical (unpaired) electrons. The molecule has 1 aliphatic rings. The Kier molecular flexibility index (Phi) is 5.43. The molecule has 0 bridgehead atoms. The van der Waals surface area contributed by atoms with Crippen LogP contribution < -0.4 is 5.32 Å². The normalized spacial score (nSPS) is 22.5. The molecule has 0 aromatic heterocycles. The van der Waals surface area contributed by atoms with Crippen molar-refractivity contribution in [2.45, 2.75) is 37.9 Å². The Bertz CT molecular complexity index is 400. The van der Waals surface area contributed by atoms with Crippen LogP contribution in [0.3, 0.4) is 0 Å². The van der Waals surface area contributed by atoms with Crippen LogP contribution in [0.1, 0.15) is 26.2 Å². The predicted octanol–water partition coefficient (Wildman–Crippen LogP) is 1.20. The van der Waals surface area contributed by atoms with Gasteiger partial charge in [0.15, 0.2) is 0 Å². The zero-order valence-electron chi connectivity index (χ0n) is 11.6. The van der Waals surface area contributed by atoms with Crippen LogP contribution in [0.4, 0.5) is 18.0 Å². The van der Waals surface area contributed by atoms with Crippen molar-refractivity contribution in [3.8, 4) is 0 Å². The molecule has 0 aromatic carbocycles. The van der Waals surface area contributed by atoms with E-state index in [9.17, 15) is 22.8 Å². The number of nitrogens with zero attached hydrogens (tertiary/aromatic N) is 1. The van der Waals surface area contributed by atoms with E-state index in [-0.39, 0.29) is 25.6 Å². The predicted molar refractivity (Wildman–Crippen MR) is 66.6 cm³/mol. The SMILES string of the molecule is CC(NC(=O)N1CCCC(CCO)C1)(C(=O)O)C(F)(F)F. The molecule has 21 heavy (non-hydrogen) atoms. The number of carbonyl (C=O) groups is 2. The summed E-state index contributed by atoms with van der Waals surface area (Å²) in [4.78, 5) is 23.9. The average Bonchev–Trinajstić information content (AvgIpc) is 2.37. The van der Waals surface area contributed by atoms with Crippen LogP contribution in [0.2, 0.25) is 0 Å². The van der Waals surface area contributed by atoms with Crippen molar-refractivity contribution in [3.05, 3.63) is 0 Å². The number of piperidine rings is 1. The molecule has 1 aliphatic heterocycles. The van der Waals surface area contributed by atoms with E-state index >= 15 is 0 Å². The molecule has 0 spiro atoms. The number of amides is 2. The van der Waals surface area contributed by atoms with E-state index in [1.54, 1.807) is 5.32 Å². The minimum atomic E-state index is -5.10. The summed E-state index contributed by atoms with van der Waals surface area (Å²) in [6.07, 6.45) is -3.26. The summed E-state index contributed by atoms with van der Waals surface area (Å²) in [6.45, 7) is 0.833. The van der Waals surface area contributed by atoms with Crippen molar-refractivity contribution in [2.75, 3.05) is 19.7 Å². The number of rotatable bonds is 4. The van der Waals surface area contributed by atoms with E-state index in [0.717, 1.165) is 11.3 Å². The van der Waals surface area contributed by atoms with Gasteiger partial charge in [0.2, 0.25) is 5.54 Å². The van der Waals surface area contributed by atoms with E-state index < -0.39 is 23.7 Å². The van der Waals surface area contributed by atoms with Crippen LogP contribution in [-0.4, -0.2) is 58.5 Å². The highest BCUT2D eigenvalue weighted by Crippen LogP contribution is 2.31.